The van der Waals surface area contributed by atoms with Crippen molar-refractivity contribution in [1.82, 2.24) is 4.98 Å². The molecule has 0 aromatic carbocycles. The van der Waals surface area contributed by atoms with Crippen molar-refractivity contribution >= 4 is 38.6 Å². The fourth-order valence-electron chi connectivity index (χ4n) is 2.26. The predicted molar refractivity (Wildman–Crippen MR) is 81.5 cm³/mol. The fourth-order valence-corrected chi connectivity index (χ4v) is 5.08. The van der Waals surface area contributed by atoms with E-state index in [0.717, 1.165) is 15.9 Å². The first kappa shape index (κ1) is 12.8. The van der Waals surface area contributed by atoms with Crippen LogP contribution < -0.4 is 5.73 Å². The molecule has 0 saturated carbocycles. The highest BCUT2D eigenvalue weighted by Gasteiger charge is 2.21. The van der Waals surface area contributed by atoms with E-state index in [-0.39, 0.29) is 6.04 Å². The standard InChI is InChI=1S/C13H15BrN2S2/c1-7-8(14)6-11(17-7)12(15)13-16-9-4-2-3-5-10(9)18-13/h6,12H,2-5,15H2,1H3. The lowest BCUT2D eigenvalue weighted by Crippen LogP contribution is -2.10. The van der Waals surface area contributed by atoms with Crippen LogP contribution in [-0.4, -0.2) is 4.98 Å². The van der Waals surface area contributed by atoms with Gasteiger partial charge in [0, 0.05) is 19.1 Å². The molecule has 0 aliphatic heterocycles. The monoisotopic (exact) mass is 342 g/mol. The molecule has 1 aliphatic rings. The minimum Gasteiger partial charge on any atom is -0.318 e. The summed E-state index contributed by atoms with van der Waals surface area (Å²) in [6.07, 6.45) is 4.89. The van der Waals surface area contributed by atoms with Gasteiger partial charge in [0.15, 0.2) is 0 Å². The van der Waals surface area contributed by atoms with Crippen molar-refractivity contribution in [3.63, 3.8) is 0 Å². The van der Waals surface area contributed by atoms with Crippen molar-refractivity contribution in [3.05, 3.63) is 35.9 Å². The molecule has 2 aromatic rings. The molecule has 0 fully saturated rings. The van der Waals surface area contributed by atoms with Gasteiger partial charge in [0.2, 0.25) is 0 Å². The lowest BCUT2D eigenvalue weighted by atomic mass is 10.0. The van der Waals surface area contributed by atoms with Gasteiger partial charge < -0.3 is 5.73 Å². The molecule has 3 rings (SSSR count). The molecule has 2 heterocycles. The number of nitrogens with two attached hydrogens (primary N) is 1. The Morgan fingerprint density at radius 2 is 2.11 bits per heavy atom. The van der Waals surface area contributed by atoms with Crippen molar-refractivity contribution in [2.24, 2.45) is 5.73 Å². The number of hydrogen-bond acceptors (Lipinski definition) is 4. The Morgan fingerprint density at radius 3 is 2.78 bits per heavy atom. The van der Waals surface area contributed by atoms with Crippen LogP contribution in [0.15, 0.2) is 10.5 Å². The molecule has 5 heteroatoms. The molecule has 1 unspecified atom stereocenters. The van der Waals surface area contributed by atoms with Gasteiger partial charge in [-0.3, -0.25) is 0 Å². The van der Waals surface area contributed by atoms with E-state index in [9.17, 15) is 0 Å². The fraction of sp³-hybridized carbons (Fsp3) is 0.462. The van der Waals surface area contributed by atoms with E-state index in [1.165, 1.54) is 39.6 Å². The van der Waals surface area contributed by atoms with Crippen molar-refractivity contribution in [2.75, 3.05) is 0 Å². The number of aromatic nitrogens is 1. The molecule has 2 N–H and O–H groups in total. The Labute approximate surface area is 123 Å². The third-order valence-electron chi connectivity index (χ3n) is 3.31. The number of nitrogens with zero attached hydrogens (tertiary/aromatic N) is 1. The highest BCUT2D eigenvalue weighted by molar-refractivity contribution is 9.10. The molecule has 0 radical (unpaired) electrons. The lowest BCUT2D eigenvalue weighted by molar-refractivity contribution is 0.679. The number of thiophene rings is 1. The maximum absolute atomic E-state index is 6.35. The van der Waals surface area contributed by atoms with Gasteiger partial charge in [0.25, 0.3) is 0 Å². The van der Waals surface area contributed by atoms with Crippen molar-refractivity contribution < 1.29 is 0 Å². The summed E-state index contributed by atoms with van der Waals surface area (Å²) in [5.41, 5.74) is 7.64. The number of rotatable bonds is 2. The zero-order valence-electron chi connectivity index (χ0n) is 10.2. The Balaban J connectivity index is 1.92. The van der Waals surface area contributed by atoms with Crippen LogP contribution in [0.2, 0.25) is 0 Å². The Hall–Kier alpha value is -0.230. The second-order valence-electron chi connectivity index (χ2n) is 4.66. The molecule has 2 aromatic heterocycles. The van der Waals surface area contributed by atoms with Crippen molar-refractivity contribution in [3.8, 4) is 0 Å². The van der Waals surface area contributed by atoms with Crippen LogP contribution in [0.3, 0.4) is 0 Å². The van der Waals surface area contributed by atoms with E-state index < -0.39 is 0 Å². The SMILES string of the molecule is Cc1sc(C(N)c2nc3c(s2)CCCC3)cc1Br. The van der Waals surface area contributed by atoms with Gasteiger partial charge in [-0.15, -0.1) is 22.7 Å². The number of aryl methyl sites for hydroxylation is 3. The van der Waals surface area contributed by atoms with Gasteiger partial charge >= 0.3 is 0 Å². The second-order valence-corrected chi connectivity index (χ2v) is 7.92. The smallest absolute Gasteiger partial charge is 0.115 e. The van der Waals surface area contributed by atoms with E-state index >= 15 is 0 Å². The highest BCUT2D eigenvalue weighted by atomic mass is 79.9. The largest absolute Gasteiger partial charge is 0.318 e. The Morgan fingerprint density at radius 1 is 1.33 bits per heavy atom. The zero-order valence-corrected chi connectivity index (χ0v) is 13.4. The maximum atomic E-state index is 6.35. The minimum absolute atomic E-state index is 0.0596. The van der Waals surface area contributed by atoms with E-state index in [2.05, 4.69) is 28.9 Å². The second kappa shape index (κ2) is 5.04. The van der Waals surface area contributed by atoms with Gasteiger partial charge in [-0.1, -0.05) is 0 Å². The lowest BCUT2D eigenvalue weighted by Gasteiger charge is -2.06. The molecular weight excluding hydrogens is 328 g/mol. The molecule has 2 nitrogen and oxygen atoms in total. The van der Waals surface area contributed by atoms with Gasteiger partial charge in [0.05, 0.1) is 11.7 Å². The summed E-state index contributed by atoms with van der Waals surface area (Å²) in [7, 11) is 0. The van der Waals surface area contributed by atoms with Crippen LogP contribution >= 0.6 is 38.6 Å². The molecule has 0 amide bonds. The van der Waals surface area contributed by atoms with Crippen molar-refractivity contribution in [1.29, 1.82) is 0 Å². The first-order valence-electron chi connectivity index (χ1n) is 6.15. The third-order valence-corrected chi connectivity index (χ3v) is 6.77. The number of hydrogen-bond donors (Lipinski definition) is 1. The minimum atomic E-state index is -0.0596. The van der Waals surface area contributed by atoms with E-state index in [1.54, 1.807) is 11.3 Å². The van der Waals surface area contributed by atoms with Crippen LogP contribution in [0, 0.1) is 6.92 Å². The molecule has 1 atom stereocenters. The highest BCUT2D eigenvalue weighted by Crippen LogP contribution is 2.36. The summed E-state index contributed by atoms with van der Waals surface area (Å²) < 4.78 is 1.15. The summed E-state index contributed by atoms with van der Waals surface area (Å²) in [5.74, 6) is 0. The van der Waals surface area contributed by atoms with E-state index in [4.69, 9.17) is 10.7 Å². The summed E-state index contributed by atoms with van der Waals surface area (Å²) >= 11 is 7.12. The maximum Gasteiger partial charge on any atom is 0.115 e. The van der Waals surface area contributed by atoms with Crippen LogP contribution in [0.25, 0.3) is 0 Å². The number of fused-ring (bicyclic) bond motifs is 1. The molecule has 1 aliphatic carbocycles. The average molecular weight is 343 g/mol. The quantitative estimate of drug-likeness (QED) is 0.887. The van der Waals surface area contributed by atoms with Gasteiger partial charge in [-0.25, -0.2) is 4.98 Å². The molecule has 96 valence electrons. The summed E-state index contributed by atoms with van der Waals surface area (Å²) in [4.78, 5) is 8.69. The van der Waals surface area contributed by atoms with E-state index in [1.807, 2.05) is 11.3 Å². The van der Waals surface area contributed by atoms with Crippen LogP contribution in [0.4, 0.5) is 0 Å². The first-order valence-corrected chi connectivity index (χ1v) is 8.57. The summed E-state index contributed by atoms with van der Waals surface area (Å²) in [6, 6.07) is 2.07. The average Bonchev–Trinajstić information content (AvgIpc) is 2.93. The first-order chi connectivity index (χ1) is 8.65. The zero-order chi connectivity index (χ0) is 12.7. The van der Waals surface area contributed by atoms with Crippen LogP contribution in [-0.2, 0) is 12.8 Å². The molecule has 0 bridgehead atoms. The van der Waals surface area contributed by atoms with Crippen molar-refractivity contribution in [2.45, 2.75) is 38.6 Å². The molecular formula is C13H15BrN2S2. The number of thiazole rings is 1. The van der Waals surface area contributed by atoms with Gasteiger partial charge in [0.1, 0.15) is 5.01 Å². The summed E-state index contributed by atoms with van der Waals surface area (Å²) in [5, 5.41) is 1.08. The Kier molecular flexibility index (Phi) is 3.58. The number of halogens is 1. The van der Waals surface area contributed by atoms with Gasteiger partial charge in [-0.2, -0.15) is 0 Å². The topological polar surface area (TPSA) is 38.9 Å². The van der Waals surface area contributed by atoms with Crippen LogP contribution in [0.1, 0.15) is 44.2 Å². The molecule has 0 saturated heterocycles. The normalized spacial score (nSPS) is 16.6. The third kappa shape index (κ3) is 2.29. The van der Waals surface area contributed by atoms with Gasteiger partial charge in [-0.05, 0) is 54.6 Å². The molecule has 18 heavy (non-hydrogen) atoms. The summed E-state index contributed by atoms with van der Waals surface area (Å²) in [6.45, 7) is 2.11. The molecule has 0 spiro atoms. The predicted octanol–water partition coefficient (Wildman–Crippen LogP) is 4.20. The van der Waals surface area contributed by atoms with Crippen LogP contribution in [0.5, 0.6) is 0 Å². The van der Waals surface area contributed by atoms with E-state index in [0.29, 0.717) is 0 Å². The Bertz CT molecular complexity index is 531.